The largest absolute Gasteiger partial charge is 0.325 e. The highest BCUT2D eigenvalue weighted by atomic mass is 14.7. The van der Waals surface area contributed by atoms with Gasteiger partial charge in [0.05, 0.1) is 0 Å². The van der Waals surface area contributed by atoms with Crippen LogP contribution in [0.5, 0.6) is 0 Å². The Bertz CT molecular complexity index is 383. The van der Waals surface area contributed by atoms with Gasteiger partial charge in [-0.25, -0.2) is 0 Å². The number of aryl methyl sites for hydroxylation is 1. The molecule has 2 rings (SSSR count). The Balaban J connectivity index is 1.94. The number of hydrogen-bond donors (Lipinski definition) is 1. The zero-order valence-corrected chi connectivity index (χ0v) is 12.8. The molecule has 0 unspecified atom stereocenters. The molecule has 1 fully saturated rings. The molecule has 1 nitrogen and oxygen atoms in total. The first-order valence-electron chi connectivity index (χ1n) is 7.89. The molecule has 1 aliphatic rings. The van der Waals surface area contributed by atoms with Gasteiger partial charge in [-0.3, -0.25) is 0 Å². The van der Waals surface area contributed by atoms with Gasteiger partial charge in [-0.15, -0.1) is 0 Å². The van der Waals surface area contributed by atoms with Crippen LogP contribution in [0.3, 0.4) is 0 Å². The molecule has 1 saturated carbocycles. The second-order valence-electron chi connectivity index (χ2n) is 6.79. The van der Waals surface area contributed by atoms with Gasteiger partial charge in [0.1, 0.15) is 0 Å². The van der Waals surface area contributed by atoms with Crippen molar-refractivity contribution in [2.45, 2.75) is 64.8 Å². The predicted molar refractivity (Wildman–Crippen MR) is 83.2 cm³/mol. The first-order valence-corrected chi connectivity index (χ1v) is 7.89. The molecule has 0 saturated heterocycles. The Morgan fingerprint density at radius 3 is 2.11 bits per heavy atom. The average molecular weight is 259 g/mol. The summed E-state index contributed by atoms with van der Waals surface area (Å²) in [6.07, 6.45) is 7.14. The maximum atomic E-state index is 6.62. The molecule has 1 aromatic rings. The lowest BCUT2D eigenvalue weighted by atomic mass is 9.71. The van der Waals surface area contributed by atoms with Gasteiger partial charge in [-0.1, -0.05) is 45.0 Å². The van der Waals surface area contributed by atoms with E-state index in [4.69, 9.17) is 5.73 Å². The van der Waals surface area contributed by atoms with Crippen molar-refractivity contribution in [1.82, 2.24) is 0 Å². The summed E-state index contributed by atoms with van der Waals surface area (Å²) in [4.78, 5) is 0. The fourth-order valence-electron chi connectivity index (χ4n) is 3.36. The van der Waals surface area contributed by atoms with Gasteiger partial charge in [0, 0.05) is 5.54 Å². The van der Waals surface area contributed by atoms with E-state index in [1.54, 1.807) is 0 Å². The molecule has 0 heterocycles. The summed E-state index contributed by atoms with van der Waals surface area (Å²) in [6.45, 7) is 6.89. The Labute approximate surface area is 118 Å². The molecular weight excluding hydrogens is 230 g/mol. The number of benzene rings is 1. The van der Waals surface area contributed by atoms with Crippen LogP contribution in [0, 0.1) is 11.8 Å². The van der Waals surface area contributed by atoms with Crippen molar-refractivity contribution in [3.05, 3.63) is 35.4 Å². The van der Waals surface area contributed by atoms with E-state index in [0.717, 1.165) is 24.7 Å². The molecule has 0 radical (unpaired) electrons. The van der Waals surface area contributed by atoms with Gasteiger partial charge in [0.25, 0.3) is 0 Å². The standard InChI is InChI=1S/C18H29N/c1-4-15-5-7-16(8-6-15)13-18(19)11-9-17(10-12-18)14(2)3/h5-8,14,17H,4,9-13,19H2,1-3H3. The van der Waals surface area contributed by atoms with Crippen molar-refractivity contribution in [3.63, 3.8) is 0 Å². The normalized spacial score (nSPS) is 27.7. The minimum absolute atomic E-state index is 0.0408. The van der Waals surface area contributed by atoms with Crippen LogP contribution in [0.1, 0.15) is 57.6 Å². The maximum Gasteiger partial charge on any atom is 0.0195 e. The molecule has 1 heteroatoms. The lowest BCUT2D eigenvalue weighted by Crippen LogP contribution is -2.45. The Morgan fingerprint density at radius 2 is 1.63 bits per heavy atom. The molecule has 0 aromatic heterocycles. The summed E-state index contributed by atoms with van der Waals surface area (Å²) in [6, 6.07) is 9.03. The van der Waals surface area contributed by atoms with Crippen LogP contribution in [0.2, 0.25) is 0 Å². The van der Waals surface area contributed by atoms with Crippen LogP contribution in [0.4, 0.5) is 0 Å². The summed E-state index contributed by atoms with van der Waals surface area (Å²) in [5.74, 6) is 1.70. The van der Waals surface area contributed by atoms with Gasteiger partial charge < -0.3 is 5.73 Å². The van der Waals surface area contributed by atoms with E-state index in [0.29, 0.717) is 0 Å². The Hall–Kier alpha value is -0.820. The van der Waals surface area contributed by atoms with Gasteiger partial charge in [-0.05, 0) is 61.5 Å². The fourth-order valence-corrected chi connectivity index (χ4v) is 3.36. The average Bonchev–Trinajstić information content (AvgIpc) is 2.40. The van der Waals surface area contributed by atoms with Crippen molar-refractivity contribution >= 4 is 0 Å². The Morgan fingerprint density at radius 1 is 1.11 bits per heavy atom. The van der Waals surface area contributed by atoms with Gasteiger partial charge >= 0.3 is 0 Å². The molecule has 0 amide bonds. The summed E-state index contributed by atoms with van der Waals surface area (Å²) < 4.78 is 0. The predicted octanol–water partition coefficient (Wildman–Crippen LogP) is 4.34. The number of rotatable bonds is 4. The second-order valence-corrected chi connectivity index (χ2v) is 6.79. The molecular formula is C18H29N. The van der Waals surface area contributed by atoms with E-state index < -0.39 is 0 Å². The van der Waals surface area contributed by atoms with Gasteiger partial charge in [0.2, 0.25) is 0 Å². The van der Waals surface area contributed by atoms with Crippen LogP contribution >= 0.6 is 0 Å². The summed E-state index contributed by atoms with van der Waals surface area (Å²) >= 11 is 0. The molecule has 0 spiro atoms. The highest BCUT2D eigenvalue weighted by Crippen LogP contribution is 2.36. The molecule has 2 N–H and O–H groups in total. The molecule has 106 valence electrons. The van der Waals surface area contributed by atoms with Crippen LogP contribution < -0.4 is 5.73 Å². The third kappa shape index (κ3) is 3.82. The van der Waals surface area contributed by atoms with Gasteiger partial charge in [0.15, 0.2) is 0 Å². The van der Waals surface area contributed by atoms with Crippen LogP contribution in [-0.4, -0.2) is 5.54 Å². The monoisotopic (exact) mass is 259 g/mol. The number of nitrogens with two attached hydrogens (primary N) is 1. The first kappa shape index (κ1) is 14.6. The molecule has 0 aliphatic heterocycles. The van der Waals surface area contributed by atoms with Crippen LogP contribution in [-0.2, 0) is 12.8 Å². The first-order chi connectivity index (χ1) is 9.02. The van der Waals surface area contributed by atoms with E-state index in [1.165, 1.54) is 36.8 Å². The fraction of sp³-hybridized carbons (Fsp3) is 0.667. The zero-order chi connectivity index (χ0) is 13.9. The van der Waals surface area contributed by atoms with Crippen molar-refractivity contribution in [2.24, 2.45) is 17.6 Å². The lowest BCUT2D eigenvalue weighted by Gasteiger charge is -2.38. The van der Waals surface area contributed by atoms with Crippen molar-refractivity contribution < 1.29 is 0 Å². The summed E-state index contributed by atoms with van der Waals surface area (Å²) in [5.41, 5.74) is 9.49. The third-order valence-electron chi connectivity index (χ3n) is 4.96. The molecule has 1 aromatic carbocycles. The van der Waals surface area contributed by atoms with E-state index in [1.807, 2.05) is 0 Å². The van der Waals surface area contributed by atoms with Crippen molar-refractivity contribution in [2.75, 3.05) is 0 Å². The summed E-state index contributed by atoms with van der Waals surface area (Å²) in [5, 5.41) is 0. The van der Waals surface area contributed by atoms with Crippen molar-refractivity contribution in [1.29, 1.82) is 0 Å². The minimum Gasteiger partial charge on any atom is -0.325 e. The highest BCUT2D eigenvalue weighted by Gasteiger charge is 2.32. The van der Waals surface area contributed by atoms with Gasteiger partial charge in [-0.2, -0.15) is 0 Å². The molecule has 0 atom stereocenters. The lowest BCUT2D eigenvalue weighted by molar-refractivity contribution is 0.194. The topological polar surface area (TPSA) is 26.0 Å². The Kier molecular flexibility index (Phi) is 4.67. The minimum atomic E-state index is 0.0408. The second kappa shape index (κ2) is 6.09. The van der Waals surface area contributed by atoms with E-state index in [9.17, 15) is 0 Å². The molecule has 0 bridgehead atoms. The van der Waals surface area contributed by atoms with E-state index in [-0.39, 0.29) is 5.54 Å². The molecule has 1 aliphatic carbocycles. The van der Waals surface area contributed by atoms with E-state index in [2.05, 4.69) is 45.0 Å². The maximum absolute atomic E-state index is 6.62. The third-order valence-corrected chi connectivity index (χ3v) is 4.96. The molecule has 19 heavy (non-hydrogen) atoms. The number of hydrogen-bond acceptors (Lipinski definition) is 1. The van der Waals surface area contributed by atoms with E-state index >= 15 is 0 Å². The van der Waals surface area contributed by atoms with Crippen LogP contribution in [0.15, 0.2) is 24.3 Å². The summed E-state index contributed by atoms with van der Waals surface area (Å²) in [7, 11) is 0. The van der Waals surface area contributed by atoms with Crippen molar-refractivity contribution in [3.8, 4) is 0 Å². The van der Waals surface area contributed by atoms with Crippen LogP contribution in [0.25, 0.3) is 0 Å². The zero-order valence-electron chi connectivity index (χ0n) is 12.8. The highest BCUT2D eigenvalue weighted by molar-refractivity contribution is 5.24. The quantitative estimate of drug-likeness (QED) is 0.855. The smallest absolute Gasteiger partial charge is 0.0195 e. The SMILES string of the molecule is CCc1ccc(CC2(N)CCC(C(C)C)CC2)cc1.